The number of carbonyl (C=O) groups excluding carboxylic acids is 2. The van der Waals surface area contributed by atoms with Crippen molar-refractivity contribution in [1.29, 1.82) is 0 Å². The van der Waals surface area contributed by atoms with Crippen molar-refractivity contribution in [1.82, 2.24) is 10.6 Å². The number of piperidine rings is 1. The number of carbonyl (C=O) groups is 2. The van der Waals surface area contributed by atoms with Gasteiger partial charge >= 0.3 is 0 Å². The van der Waals surface area contributed by atoms with E-state index in [0.29, 0.717) is 6.42 Å². The molecule has 2 N–H and O–H groups in total. The lowest BCUT2D eigenvalue weighted by Gasteiger charge is -2.46. The van der Waals surface area contributed by atoms with Crippen molar-refractivity contribution < 1.29 is 9.59 Å². The summed E-state index contributed by atoms with van der Waals surface area (Å²) < 4.78 is 0. The molecule has 27 heavy (non-hydrogen) atoms. The van der Waals surface area contributed by atoms with Crippen LogP contribution in [0.15, 0.2) is 30.3 Å². The first-order chi connectivity index (χ1) is 12.6. The average Bonchev–Trinajstić information content (AvgIpc) is 2.96. The van der Waals surface area contributed by atoms with E-state index in [0.717, 1.165) is 37.1 Å². The molecule has 2 aliphatic rings. The highest BCUT2D eigenvalue weighted by atomic mass is 16.2. The minimum absolute atomic E-state index is 0.00620. The molecule has 0 aliphatic carbocycles. The Morgan fingerprint density at radius 1 is 1.15 bits per heavy atom. The summed E-state index contributed by atoms with van der Waals surface area (Å²) in [5, 5.41) is 6.77. The predicted octanol–water partition coefficient (Wildman–Crippen LogP) is 3.25. The van der Waals surface area contributed by atoms with Crippen LogP contribution in [0.3, 0.4) is 0 Å². The maximum Gasteiger partial charge on any atom is 0.244 e. The van der Waals surface area contributed by atoms with Crippen LogP contribution in [0, 0.1) is 0 Å². The first kappa shape index (κ1) is 19.6. The molecule has 0 saturated carbocycles. The van der Waals surface area contributed by atoms with E-state index in [2.05, 4.69) is 38.3 Å². The third-order valence-electron chi connectivity index (χ3n) is 5.24. The SMILES string of the molecule is CC1(C)CC(NC(=O)C=Cc2ccc(N3CCCC3=O)cc2)CC(C)(C)N1. The zero-order chi connectivity index (χ0) is 19.7. The van der Waals surface area contributed by atoms with E-state index in [1.54, 1.807) is 6.08 Å². The van der Waals surface area contributed by atoms with Gasteiger partial charge in [0.2, 0.25) is 11.8 Å². The highest BCUT2D eigenvalue weighted by Crippen LogP contribution is 2.28. The quantitative estimate of drug-likeness (QED) is 0.801. The number of benzene rings is 1. The molecule has 0 aromatic heterocycles. The van der Waals surface area contributed by atoms with Crippen molar-refractivity contribution in [2.45, 2.75) is 70.5 Å². The third kappa shape index (κ3) is 5.19. The van der Waals surface area contributed by atoms with Crippen LogP contribution in [0.1, 0.15) is 58.9 Å². The first-order valence-electron chi connectivity index (χ1n) is 9.82. The number of hydrogen-bond donors (Lipinski definition) is 2. The van der Waals surface area contributed by atoms with Crippen molar-refractivity contribution in [2.75, 3.05) is 11.4 Å². The summed E-state index contributed by atoms with van der Waals surface area (Å²) in [6.07, 6.45) is 6.79. The molecule has 2 heterocycles. The smallest absolute Gasteiger partial charge is 0.244 e. The maximum absolute atomic E-state index is 12.4. The van der Waals surface area contributed by atoms with Crippen LogP contribution in [-0.4, -0.2) is 35.5 Å². The molecule has 0 spiro atoms. The molecule has 0 bridgehead atoms. The Morgan fingerprint density at radius 3 is 2.33 bits per heavy atom. The Hall–Kier alpha value is -2.14. The molecule has 3 rings (SSSR count). The van der Waals surface area contributed by atoms with E-state index in [1.165, 1.54) is 0 Å². The summed E-state index contributed by atoms with van der Waals surface area (Å²) in [5.74, 6) is 0.123. The van der Waals surface area contributed by atoms with Crippen molar-refractivity contribution in [3.8, 4) is 0 Å². The summed E-state index contributed by atoms with van der Waals surface area (Å²) in [4.78, 5) is 26.0. The lowest BCUT2D eigenvalue weighted by Crippen LogP contribution is -2.62. The Bertz CT molecular complexity index is 718. The van der Waals surface area contributed by atoms with Gasteiger partial charge in [-0.1, -0.05) is 12.1 Å². The fraction of sp³-hybridized carbons (Fsp3) is 0.545. The number of anilines is 1. The minimum Gasteiger partial charge on any atom is -0.350 e. The lowest BCUT2D eigenvalue weighted by molar-refractivity contribution is -0.118. The molecule has 2 fully saturated rings. The summed E-state index contributed by atoms with van der Waals surface area (Å²) in [7, 11) is 0. The van der Waals surface area contributed by atoms with Crippen molar-refractivity contribution in [3.05, 3.63) is 35.9 Å². The van der Waals surface area contributed by atoms with Crippen molar-refractivity contribution in [3.63, 3.8) is 0 Å². The zero-order valence-corrected chi connectivity index (χ0v) is 16.8. The van der Waals surface area contributed by atoms with Gasteiger partial charge in [0.05, 0.1) is 0 Å². The van der Waals surface area contributed by atoms with Crippen molar-refractivity contribution in [2.24, 2.45) is 0 Å². The van der Waals surface area contributed by atoms with Crippen LogP contribution < -0.4 is 15.5 Å². The fourth-order valence-electron chi connectivity index (χ4n) is 4.53. The molecule has 5 nitrogen and oxygen atoms in total. The molecular weight excluding hydrogens is 338 g/mol. The fourth-order valence-corrected chi connectivity index (χ4v) is 4.53. The van der Waals surface area contributed by atoms with Gasteiger partial charge < -0.3 is 15.5 Å². The molecule has 2 aliphatic heterocycles. The van der Waals surface area contributed by atoms with E-state index in [-0.39, 0.29) is 28.9 Å². The lowest BCUT2D eigenvalue weighted by atomic mass is 9.79. The van der Waals surface area contributed by atoms with Gasteiger partial charge in [-0.3, -0.25) is 9.59 Å². The molecule has 1 aromatic rings. The molecule has 0 radical (unpaired) electrons. The van der Waals surface area contributed by atoms with Gasteiger partial charge in [-0.25, -0.2) is 0 Å². The van der Waals surface area contributed by atoms with E-state index < -0.39 is 0 Å². The van der Waals surface area contributed by atoms with Gasteiger partial charge in [0.1, 0.15) is 0 Å². The van der Waals surface area contributed by atoms with E-state index in [4.69, 9.17) is 0 Å². The average molecular weight is 370 g/mol. The van der Waals surface area contributed by atoms with Crippen molar-refractivity contribution >= 4 is 23.6 Å². The number of hydrogen-bond acceptors (Lipinski definition) is 3. The second-order valence-electron chi connectivity index (χ2n) is 9.08. The number of rotatable bonds is 4. The largest absolute Gasteiger partial charge is 0.350 e. The van der Waals surface area contributed by atoms with E-state index in [9.17, 15) is 9.59 Å². The third-order valence-corrected chi connectivity index (χ3v) is 5.24. The van der Waals surface area contributed by atoms with Crippen LogP contribution in [0.5, 0.6) is 0 Å². The number of nitrogens with zero attached hydrogens (tertiary/aromatic N) is 1. The molecular formula is C22H31N3O2. The topological polar surface area (TPSA) is 61.4 Å². The van der Waals surface area contributed by atoms with Crippen LogP contribution in [0.4, 0.5) is 5.69 Å². The minimum atomic E-state index is -0.0627. The Labute approximate surface area is 162 Å². The second kappa shape index (κ2) is 7.47. The van der Waals surface area contributed by atoms with E-state index >= 15 is 0 Å². The van der Waals surface area contributed by atoms with Crippen LogP contribution in [0.2, 0.25) is 0 Å². The van der Waals surface area contributed by atoms with Gasteiger partial charge in [0.25, 0.3) is 0 Å². The van der Waals surface area contributed by atoms with Gasteiger partial charge in [-0.15, -0.1) is 0 Å². The van der Waals surface area contributed by atoms with Crippen LogP contribution in [-0.2, 0) is 9.59 Å². The predicted molar refractivity (Wildman–Crippen MR) is 110 cm³/mol. The Balaban J connectivity index is 1.57. The molecule has 146 valence electrons. The molecule has 0 atom stereocenters. The number of amides is 2. The monoisotopic (exact) mass is 369 g/mol. The molecule has 0 unspecified atom stereocenters. The van der Waals surface area contributed by atoms with Crippen LogP contribution >= 0.6 is 0 Å². The highest BCUT2D eigenvalue weighted by Gasteiger charge is 2.37. The molecule has 5 heteroatoms. The normalized spacial score (nSPS) is 22.4. The first-order valence-corrected chi connectivity index (χ1v) is 9.82. The van der Waals surface area contributed by atoms with E-state index in [1.807, 2.05) is 35.2 Å². The summed E-state index contributed by atoms with van der Waals surface area (Å²) in [6, 6.07) is 7.94. The van der Waals surface area contributed by atoms with Gasteiger partial charge in [-0.05, 0) is 70.7 Å². The zero-order valence-electron chi connectivity index (χ0n) is 16.8. The maximum atomic E-state index is 12.4. The molecule has 2 amide bonds. The van der Waals surface area contributed by atoms with Crippen LogP contribution in [0.25, 0.3) is 6.08 Å². The standard InChI is InChI=1S/C22H31N3O2/c1-21(2)14-17(15-22(3,4)24-21)23-19(26)12-9-16-7-10-18(11-8-16)25-13-5-6-20(25)27/h7-12,17,24H,5-6,13-15H2,1-4H3,(H,23,26). The summed E-state index contributed by atoms with van der Waals surface area (Å²) in [5.41, 5.74) is 1.89. The summed E-state index contributed by atoms with van der Waals surface area (Å²) >= 11 is 0. The highest BCUT2D eigenvalue weighted by molar-refractivity contribution is 5.95. The Morgan fingerprint density at radius 2 is 1.78 bits per heavy atom. The Kier molecular flexibility index (Phi) is 5.43. The molecule has 1 aromatic carbocycles. The number of nitrogens with one attached hydrogen (secondary N) is 2. The van der Waals surface area contributed by atoms with Gasteiger partial charge in [-0.2, -0.15) is 0 Å². The van der Waals surface area contributed by atoms with Gasteiger partial charge in [0, 0.05) is 41.8 Å². The molecule has 2 saturated heterocycles. The summed E-state index contributed by atoms with van der Waals surface area (Å²) in [6.45, 7) is 9.50. The van der Waals surface area contributed by atoms with Gasteiger partial charge in [0.15, 0.2) is 0 Å². The second-order valence-corrected chi connectivity index (χ2v) is 9.08.